The third-order valence-corrected chi connectivity index (χ3v) is 6.49. The standard InChI is InChI=1S/C28H34N4O4/c1-19-10-20(2)12-21(11-19)13-26(22-6-5-7-25(14-22)36-4)30-28(34)23-15-27(33)32(17-23)24-16-29-31(18-24)8-9-35-3/h5-7,10-12,14,16,18,23,26H,8-9,13,15,17H2,1-4H3,(H,30,34). The fraction of sp³-hybridized carbons (Fsp3) is 0.393. The fourth-order valence-corrected chi connectivity index (χ4v) is 4.75. The zero-order valence-corrected chi connectivity index (χ0v) is 21.4. The van der Waals surface area contributed by atoms with E-state index in [0.29, 0.717) is 31.8 Å². The zero-order chi connectivity index (χ0) is 25.7. The summed E-state index contributed by atoms with van der Waals surface area (Å²) in [6.07, 6.45) is 4.28. The van der Waals surface area contributed by atoms with Crippen LogP contribution in [-0.4, -0.2) is 49.0 Å². The van der Waals surface area contributed by atoms with Crippen molar-refractivity contribution in [3.63, 3.8) is 0 Å². The Hall–Kier alpha value is -3.65. The Kier molecular flexibility index (Phi) is 8.05. The van der Waals surface area contributed by atoms with Crippen LogP contribution in [0.15, 0.2) is 54.9 Å². The molecule has 1 aliphatic rings. The number of rotatable bonds is 10. The predicted molar refractivity (Wildman–Crippen MR) is 138 cm³/mol. The molecule has 0 spiro atoms. The normalized spacial score (nSPS) is 16.3. The number of aryl methyl sites for hydroxylation is 2. The minimum absolute atomic E-state index is 0.0753. The van der Waals surface area contributed by atoms with Crippen molar-refractivity contribution in [3.8, 4) is 5.75 Å². The number of aromatic nitrogens is 2. The molecule has 2 unspecified atom stereocenters. The van der Waals surface area contributed by atoms with E-state index in [1.165, 1.54) is 11.1 Å². The van der Waals surface area contributed by atoms with Crippen LogP contribution in [0.5, 0.6) is 5.75 Å². The Morgan fingerprint density at radius 1 is 1.17 bits per heavy atom. The summed E-state index contributed by atoms with van der Waals surface area (Å²) in [6, 6.07) is 13.9. The Bertz CT molecular complexity index is 1200. The van der Waals surface area contributed by atoms with Crippen LogP contribution >= 0.6 is 0 Å². The molecule has 0 radical (unpaired) electrons. The molecule has 0 bridgehead atoms. The lowest BCUT2D eigenvalue weighted by molar-refractivity contribution is -0.127. The molecule has 0 aliphatic carbocycles. The van der Waals surface area contributed by atoms with Crippen molar-refractivity contribution in [2.75, 3.05) is 32.3 Å². The number of methoxy groups -OCH3 is 2. The number of carbonyl (C=O) groups is 2. The van der Waals surface area contributed by atoms with E-state index in [0.717, 1.165) is 16.9 Å². The third-order valence-electron chi connectivity index (χ3n) is 6.49. The largest absolute Gasteiger partial charge is 0.497 e. The smallest absolute Gasteiger partial charge is 0.227 e. The van der Waals surface area contributed by atoms with E-state index in [9.17, 15) is 9.59 Å². The molecule has 2 atom stereocenters. The molecule has 1 aliphatic heterocycles. The van der Waals surface area contributed by atoms with Gasteiger partial charge in [-0.3, -0.25) is 14.3 Å². The number of carbonyl (C=O) groups excluding carboxylic acids is 2. The van der Waals surface area contributed by atoms with Crippen LogP contribution in [0.3, 0.4) is 0 Å². The highest BCUT2D eigenvalue weighted by Crippen LogP contribution is 2.28. The first-order valence-corrected chi connectivity index (χ1v) is 12.2. The summed E-state index contributed by atoms with van der Waals surface area (Å²) in [6.45, 7) is 5.61. The third kappa shape index (κ3) is 6.12. The van der Waals surface area contributed by atoms with Gasteiger partial charge in [0.25, 0.3) is 0 Å². The molecule has 0 saturated carbocycles. The van der Waals surface area contributed by atoms with Crippen molar-refractivity contribution in [2.24, 2.45) is 5.92 Å². The monoisotopic (exact) mass is 490 g/mol. The molecular weight excluding hydrogens is 456 g/mol. The van der Waals surface area contributed by atoms with E-state index in [1.807, 2.05) is 30.5 Å². The van der Waals surface area contributed by atoms with Gasteiger partial charge in [0.05, 0.1) is 44.1 Å². The van der Waals surface area contributed by atoms with Gasteiger partial charge in [0.2, 0.25) is 11.8 Å². The van der Waals surface area contributed by atoms with Crippen molar-refractivity contribution in [3.05, 3.63) is 77.1 Å². The Morgan fingerprint density at radius 2 is 1.94 bits per heavy atom. The van der Waals surface area contributed by atoms with Crippen LogP contribution in [0.25, 0.3) is 0 Å². The topological polar surface area (TPSA) is 85.7 Å². The molecule has 2 amide bonds. The molecule has 8 heteroatoms. The molecular formula is C28H34N4O4. The van der Waals surface area contributed by atoms with Crippen LogP contribution in [0, 0.1) is 19.8 Å². The van der Waals surface area contributed by atoms with E-state index in [2.05, 4.69) is 42.5 Å². The van der Waals surface area contributed by atoms with Crippen molar-refractivity contribution in [2.45, 2.75) is 39.3 Å². The summed E-state index contributed by atoms with van der Waals surface area (Å²) in [5, 5.41) is 7.53. The van der Waals surface area contributed by atoms with Gasteiger partial charge in [-0.2, -0.15) is 5.10 Å². The fourth-order valence-electron chi connectivity index (χ4n) is 4.75. The Balaban J connectivity index is 1.50. The minimum atomic E-state index is -0.438. The molecule has 1 aromatic heterocycles. The van der Waals surface area contributed by atoms with E-state index < -0.39 is 5.92 Å². The van der Waals surface area contributed by atoms with Crippen LogP contribution in [-0.2, 0) is 27.3 Å². The second-order valence-electron chi connectivity index (χ2n) is 9.40. The molecule has 190 valence electrons. The molecule has 1 saturated heterocycles. The van der Waals surface area contributed by atoms with Crippen LogP contribution in [0.1, 0.15) is 34.7 Å². The maximum atomic E-state index is 13.4. The summed E-state index contributed by atoms with van der Waals surface area (Å²) in [7, 11) is 3.27. The maximum absolute atomic E-state index is 13.4. The maximum Gasteiger partial charge on any atom is 0.227 e. The van der Waals surface area contributed by atoms with Gasteiger partial charge in [-0.25, -0.2) is 0 Å². The number of amides is 2. The van der Waals surface area contributed by atoms with Gasteiger partial charge in [-0.15, -0.1) is 0 Å². The van der Waals surface area contributed by atoms with Gasteiger partial charge < -0.3 is 19.7 Å². The highest BCUT2D eigenvalue weighted by atomic mass is 16.5. The van der Waals surface area contributed by atoms with Gasteiger partial charge in [0, 0.05) is 26.3 Å². The summed E-state index contributed by atoms with van der Waals surface area (Å²) in [4.78, 5) is 27.8. The number of benzene rings is 2. The van der Waals surface area contributed by atoms with Gasteiger partial charge >= 0.3 is 0 Å². The second-order valence-corrected chi connectivity index (χ2v) is 9.40. The first-order valence-electron chi connectivity index (χ1n) is 12.2. The number of nitrogens with zero attached hydrogens (tertiary/aromatic N) is 3. The van der Waals surface area contributed by atoms with Gasteiger partial charge in [-0.05, 0) is 43.5 Å². The number of hydrogen-bond acceptors (Lipinski definition) is 5. The van der Waals surface area contributed by atoms with Crippen molar-refractivity contribution < 1.29 is 19.1 Å². The van der Waals surface area contributed by atoms with Crippen molar-refractivity contribution >= 4 is 17.5 Å². The van der Waals surface area contributed by atoms with Gasteiger partial charge in [0.1, 0.15) is 5.75 Å². The SMILES string of the molecule is COCCn1cc(N2CC(C(=O)NC(Cc3cc(C)cc(C)c3)c3cccc(OC)c3)CC2=O)cn1. The minimum Gasteiger partial charge on any atom is -0.497 e. The van der Waals surface area contributed by atoms with E-state index in [1.54, 1.807) is 30.0 Å². The van der Waals surface area contributed by atoms with Gasteiger partial charge in [0.15, 0.2) is 0 Å². The molecule has 1 fully saturated rings. The lowest BCUT2D eigenvalue weighted by Crippen LogP contribution is -2.36. The average Bonchev–Trinajstić information content (AvgIpc) is 3.48. The summed E-state index contributed by atoms with van der Waals surface area (Å²) in [5.74, 6) is 0.0931. The predicted octanol–water partition coefficient (Wildman–Crippen LogP) is 3.61. The average molecular weight is 491 g/mol. The summed E-state index contributed by atoms with van der Waals surface area (Å²) < 4.78 is 12.3. The highest BCUT2D eigenvalue weighted by molar-refractivity contribution is 6.00. The van der Waals surface area contributed by atoms with Crippen LogP contribution in [0.4, 0.5) is 5.69 Å². The number of hydrogen-bond donors (Lipinski definition) is 1. The molecule has 1 N–H and O–H groups in total. The molecule has 36 heavy (non-hydrogen) atoms. The molecule has 3 aromatic rings. The summed E-state index contributed by atoms with van der Waals surface area (Å²) in [5.41, 5.74) is 5.18. The molecule has 2 aromatic carbocycles. The van der Waals surface area contributed by atoms with E-state index >= 15 is 0 Å². The van der Waals surface area contributed by atoms with Crippen molar-refractivity contribution in [1.29, 1.82) is 0 Å². The van der Waals surface area contributed by atoms with Crippen LogP contribution in [0.2, 0.25) is 0 Å². The molecule has 8 nitrogen and oxygen atoms in total. The highest BCUT2D eigenvalue weighted by Gasteiger charge is 2.36. The molecule has 4 rings (SSSR count). The van der Waals surface area contributed by atoms with Crippen molar-refractivity contribution in [1.82, 2.24) is 15.1 Å². The number of anilines is 1. The quantitative estimate of drug-likeness (QED) is 0.469. The number of ether oxygens (including phenoxy) is 2. The van der Waals surface area contributed by atoms with E-state index in [-0.39, 0.29) is 24.3 Å². The van der Waals surface area contributed by atoms with Gasteiger partial charge in [-0.1, -0.05) is 41.5 Å². The second kappa shape index (κ2) is 11.4. The van der Waals surface area contributed by atoms with E-state index in [4.69, 9.17) is 9.47 Å². The summed E-state index contributed by atoms with van der Waals surface area (Å²) >= 11 is 0. The van der Waals surface area contributed by atoms with Crippen LogP contribution < -0.4 is 15.0 Å². The zero-order valence-electron chi connectivity index (χ0n) is 21.4. The lowest BCUT2D eigenvalue weighted by atomic mass is 9.95. The number of nitrogens with one attached hydrogen (secondary N) is 1. The first kappa shape index (κ1) is 25.4. The Labute approximate surface area is 212 Å². The molecule has 2 heterocycles. The Morgan fingerprint density at radius 3 is 2.67 bits per heavy atom. The first-order chi connectivity index (χ1) is 17.4. The lowest BCUT2D eigenvalue weighted by Gasteiger charge is -2.22.